The summed E-state index contributed by atoms with van der Waals surface area (Å²) in [5.41, 5.74) is -1.56. The van der Waals surface area contributed by atoms with E-state index < -0.39 is 30.7 Å². The van der Waals surface area contributed by atoms with Gasteiger partial charge in [-0.05, 0) is 59.2 Å². The Bertz CT molecular complexity index is 804. The first-order chi connectivity index (χ1) is 14.0. The molecular formula is C21H31O8P. The third kappa shape index (κ3) is 6.06. The molecule has 0 aromatic heterocycles. The van der Waals surface area contributed by atoms with E-state index in [1.807, 2.05) is 0 Å². The summed E-state index contributed by atoms with van der Waals surface area (Å²) in [4.78, 5) is 25.4. The number of Topliss-reactive ketones (excluding diaryl/α,β-unsaturated/α-hetero) is 1. The van der Waals surface area contributed by atoms with Crippen LogP contribution < -0.4 is 9.47 Å². The van der Waals surface area contributed by atoms with Gasteiger partial charge in [0.1, 0.15) is 11.4 Å². The van der Waals surface area contributed by atoms with Crippen LogP contribution in [0.4, 0.5) is 0 Å². The highest BCUT2D eigenvalue weighted by Gasteiger charge is 2.49. The van der Waals surface area contributed by atoms with E-state index in [1.54, 1.807) is 52.8 Å². The van der Waals surface area contributed by atoms with Crippen molar-refractivity contribution in [2.75, 3.05) is 20.0 Å². The summed E-state index contributed by atoms with van der Waals surface area (Å²) in [6.45, 7) is 10.1. The highest BCUT2D eigenvalue weighted by Crippen LogP contribution is 2.59. The van der Waals surface area contributed by atoms with E-state index in [4.69, 9.17) is 23.3 Å². The smallest absolute Gasteiger partial charge is 0.345 e. The van der Waals surface area contributed by atoms with Crippen LogP contribution >= 0.6 is 7.60 Å². The maximum atomic E-state index is 13.8. The number of benzene rings is 1. The Morgan fingerprint density at radius 2 is 1.70 bits per heavy atom. The summed E-state index contributed by atoms with van der Waals surface area (Å²) in [6, 6.07) is 5.11. The number of hydrogen-bond donors (Lipinski definition) is 0. The number of esters is 1. The maximum Gasteiger partial charge on any atom is 0.345 e. The van der Waals surface area contributed by atoms with Crippen LogP contribution in [0.25, 0.3) is 0 Å². The molecule has 168 valence electrons. The van der Waals surface area contributed by atoms with Crippen molar-refractivity contribution < 1.29 is 37.4 Å². The molecule has 8 nitrogen and oxygen atoms in total. The highest BCUT2D eigenvalue weighted by molar-refractivity contribution is 7.55. The quantitative estimate of drug-likeness (QED) is 0.387. The van der Waals surface area contributed by atoms with Crippen molar-refractivity contribution in [2.45, 2.75) is 65.1 Å². The third-order valence-corrected chi connectivity index (χ3v) is 6.81. The van der Waals surface area contributed by atoms with Crippen molar-refractivity contribution in [3.63, 3.8) is 0 Å². The Hall–Kier alpha value is -1.89. The lowest BCUT2D eigenvalue weighted by molar-refractivity contribution is -0.155. The molecule has 1 aromatic rings. The minimum atomic E-state index is -3.97. The monoisotopic (exact) mass is 442 g/mol. The molecule has 0 amide bonds. The van der Waals surface area contributed by atoms with E-state index in [2.05, 4.69) is 0 Å². The van der Waals surface area contributed by atoms with Gasteiger partial charge in [-0.25, -0.2) is 0 Å². The molecule has 2 unspecified atom stereocenters. The number of ketones is 1. The SMILES string of the molecule is CCOP(=O)(OCC)C(C(=O)OC(C)(C)C)C(CC(C)=O)c1ccc2c(c1)OCO2. The van der Waals surface area contributed by atoms with Gasteiger partial charge in [0.2, 0.25) is 6.79 Å². The molecule has 0 saturated carbocycles. The van der Waals surface area contributed by atoms with Crippen molar-refractivity contribution in [3.8, 4) is 11.5 Å². The van der Waals surface area contributed by atoms with Crippen LogP contribution in [0.5, 0.6) is 11.5 Å². The molecule has 2 rings (SSSR count). The molecule has 0 spiro atoms. The van der Waals surface area contributed by atoms with Gasteiger partial charge in [0.25, 0.3) is 0 Å². The minimum Gasteiger partial charge on any atom is -0.459 e. The zero-order valence-electron chi connectivity index (χ0n) is 18.4. The molecule has 1 aliphatic rings. The number of hydrogen-bond acceptors (Lipinski definition) is 8. The topological polar surface area (TPSA) is 97.4 Å². The first-order valence-corrected chi connectivity index (χ1v) is 11.6. The van der Waals surface area contributed by atoms with Crippen molar-refractivity contribution in [1.29, 1.82) is 0 Å². The summed E-state index contributed by atoms with van der Waals surface area (Å²) in [6.07, 6.45) is -0.0479. The van der Waals surface area contributed by atoms with Crippen LogP contribution in [0.15, 0.2) is 18.2 Å². The number of carbonyl (C=O) groups excluding carboxylic acids is 2. The van der Waals surface area contributed by atoms with Crippen molar-refractivity contribution in [1.82, 2.24) is 0 Å². The van der Waals surface area contributed by atoms with Gasteiger partial charge in [-0.1, -0.05) is 6.07 Å². The van der Waals surface area contributed by atoms with Crippen molar-refractivity contribution >= 4 is 19.3 Å². The van der Waals surface area contributed by atoms with Crippen molar-refractivity contribution in [3.05, 3.63) is 23.8 Å². The van der Waals surface area contributed by atoms with Gasteiger partial charge in [-0.3, -0.25) is 9.36 Å². The molecule has 1 aliphatic heterocycles. The highest BCUT2D eigenvalue weighted by atomic mass is 31.2. The lowest BCUT2D eigenvalue weighted by atomic mass is 9.90. The van der Waals surface area contributed by atoms with E-state index in [9.17, 15) is 14.2 Å². The second-order valence-corrected chi connectivity index (χ2v) is 10.1. The van der Waals surface area contributed by atoms with E-state index in [-0.39, 0.29) is 32.2 Å². The van der Waals surface area contributed by atoms with Gasteiger partial charge < -0.3 is 28.1 Å². The van der Waals surface area contributed by atoms with Crippen LogP contribution in [0.3, 0.4) is 0 Å². The molecule has 0 fully saturated rings. The molecule has 0 saturated heterocycles. The van der Waals surface area contributed by atoms with Crippen LogP contribution in [-0.4, -0.2) is 43.0 Å². The zero-order valence-corrected chi connectivity index (χ0v) is 19.3. The Kier molecular flexibility index (Phi) is 8.08. The predicted octanol–water partition coefficient (Wildman–Crippen LogP) is 4.45. The Labute approximate surface area is 177 Å². The Morgan fingerprint density at radius 3 is 2.23 bits per heavy atom. The standard InChI is InChI=1S/C21H31O8P/c1-7-27-30(24,28-8-2)19(20(23)29-21(4,5)6)16(11-14(3)22)15-9-10-17-18(12-15)26-13-25-17/h9-10,12,16,19H,7-8,11,13H2,1-6H3. The fourth-order valence-corrected chi connectivity index (χ4v) is 5.44. The van der Waals surface area contributed by atoms with Crippen LogP contribution in [-0.2, 0) is 27.9 Å². The van der Waals surface area contributed by atoms with Crippen LogP contribution in [0.1, 0.15) is 59.4 Å². The van der Waals surface area contributed by atoms with E-state index >= 15 is 0 Å². The normalized spacial score (nSPS) is 15.5. The molecule has 2 atom stereocenters. The molecular weight excluding hydrogens is 411 g/mol. The lowest BCUT2D eigenvalue weighted by Crippen LogP contribution is -2.37. The second kappa shape index (κ2) is 9.94. The number of ether oxygens (including phenoxy) is 3. The molecule has 0 N–H and O–H groups in total. The van der Waals surface area contributed by atoms with Gasteiger partial charge in [-0.15, -0.1) is 0 Å². The zero-order chi connectivity index (χ0) is 22.5. The largest absolute Gasteiger partial charge is 0.459 e. The van der Waals surface area contributed by atoms with Gasteiger partial charge >= 0.3 is 13.6 Å². The summed E-state index contributed by atoms with van der Waals surface area (Å²) in [5.74, 6) is -0.656. The summed E-state index contributed by atoms with van der Waals surface area (Å²) < 4.78 is 41.1. The number of fused-ring (bicyclic) bond motifs is 1. The molecule has 1 aromatic carbocycles. The van der Waals surface area contributed by atoms with Gasteiger partial charge in [0.15, 0.2) is 17.2 Å². The van der Waals surface area contributed by atoms with Gasteiger partial charge in [0, 0.05) is 12.3 Å². The first-order valence-electron chi connectivity index (χ1n) is 10.0. The number of rotatable bonds is 10. The minimum absolute atomic E-state index is 0.0479. The summed E-state index contributed by atoms with van der Waals surface area (Å²) in [7, 11) is -3.97. The average molecular weight is 442 g/mol. The van der Waals surface area contributed by atoms with Crippen molar-refractivity contribution in [2.24, 2.45) is 0 Å². The van der Waals surface area contributed by atoms with Gasteiger partial charge in [0.05, 0.1) is 13.2 Å². The molecule has 1 heterocycles. The van der Waals surface area contributed by atoms with E-state index in [1.165, 1.54) is 6.92 Å². The van der Waals surface area contributed by atoms with E-state index in [0.29, 0.717) is 17.1 Å². The van der Waals surface area contributed by atoms with Crippen LogP contribution in [0, 0.1) is 0 Å². The Balaban J connectivity index is 2.60. The molecule has 9 heteroatoms. The molecule has 0 bridgehead atoms. The molecule has 0 radical (unpaired) electrons. The van der Waals surface area contributed by atoms with Crippen LogP contribution in [0.2, 0.25) is 0 Å². The number of carbonyl (C=O) groups is 2. The van der Waals surface area contributed by atoms with E-state index in [0.717, 1.165) is 0 Å². The molecule has 0 aliphatic carbocycles. The maximum absolute atomic E-state index is 13.8. The van der Waals surface area contributed by atoms with Gasteiger partial charge in [-0.2, -0.15) is 0 Å². The second-order valence-electron chi connectivity index (χ2n) is 7.98. The first kappa shape index (κ1) is 24.4. The summed E-state index contributed by atoms with van der Waals surface area (Å²) >= 11 is 0. The summed E-state index contributed by atoms with van der Waals surface area (Å²) in [5, 5.41) is 0. The average Bonchev–Trinajstić information content (AvgIpc) is 3.07. The third-order valence-electron chi connectivity index (χ3n) is 4.32. The Morgan fingerprint density at radius 1 is 1.10 bits per heavy atom. The predicted molar refractivity (Wildman–Crippen MR) is 111 cm³/mol. The fourth-order valence-electron chi connectivity index (χ4n) is 3.30. The fraction of sp³-hybridized carbons (Fsp3) is 0.619. The lowest BCUT2D eigenvalue weighted by Gasteiger charge is -2.33. The molecule has 30 heavy (non-hydrogen) atoms.